The van der Waals surface area contributed by atoms with Crippen LogP contribution < -0.4 is 16.0 Å². The van der Waals surface area contributed by atoms with Crippen molar-refractivity contribution in [3.05, 3.63) is 93.4 Å². The van der Waals surface area contributed by atoms with Gasteiger partial charge in [-0.1, -0.05) is 24.3 Å². The first kappa shape index (κ1) is 26.3. The van der Waals surface area contributed by atoms with Crippen LogP contribution in [0.4, 0.5) is 8.78 Å². The number of alkyl halides is 2. The van der Waals surface area contributed by atoms with Crippen molar-refractivity contribution in [3.63, 3.8) is 0 Å². The molecular formula is C29H28F2N4O4. The van der Waals surface area contributed by atoms with E-state index < -0.39 is 30.7 Å². The Kier molecular flexibility index (Phi) is 7.81. The molecule has 5 rings (SSSR count). The van der Waals surface area contributed by atoms with E-state index in [-0.39, 0.29) is 23.7 Å². The number of fused-ring (bicyclic) bond motifs is 1. The number of hydrogen-bond acceptors (Lipinski definition) is 5. The minimum absolute atomic E-state index is 0.0418. The molecule has 0 N–H and O–H groups in total. The monoisotopic (exact) mass is 534 g/mol. The fraction of sp³-hybridized carbons (Fsp3) is 0.310. The number of nitrogens with zero attached hydrogens (tertiary/aromatic N) is 4. The molecule has 2 aromatic heterocycles. The van der Waals surface area contributed by atoms with Crippen molar-refractivity contribution in [2.24, 2.45) is 0 Å². The summed E-state index contributed by atoms with van der Waals surface area (Å²) < 4.78 is 34.4. The molecule has 0 bridgehead atoms. The van der Waals surface area contributed by atoms with Gasteiger partial charge in [-0.15, -0.1) is 0 Å². The molecule has 1 fully saturated rings. The Morgan fingerprint density at radius 3 is 2.26 bits per heavy atom. The van der Waals surface area contributed by atoms with Gasteiger partial charge in [0.25, 0.3) is 5.56 Å². The van der Waals surface area contributed by atoms with E-state index in [1.807, 2.05) is 36.4 Å². The molecule has 0 radical (unpaired) electrons. The molecule has 202 valence electrons. The van der Waals surface area contributed by atoms with Crippen LogP contribution in [0.2, 0.25) is 0 Å². The Hall–Kier alpha value is -4.34. The Bertz CT molecular complexity index is 1560. The first-order valence-electron chi connectivity index (χ1n) is 12.8. The van der Waals surface area contributed by atoms with Crippen LogP contribution in [0.3, 0.4) is 0 Å². The van der Waals surface area contributed by atoms with E-state index in [1.165, 1.54) is 16.7 Å². The van der Waals surface area contributed by atoms with E-state index in [0.29, 0.717) is 31.4 Å². The Labute approximate surface area is 223 Å². The molecule has 0 aliphatic carbocycles. The smallest absolute Gasteiger partial charge is 0.332 e. The number of amides is 1. The molecule has 0 saturated carbocycles. The Morgan fingerprint density at radius 1 is 0.949 bits per heavy atom. The number of hydrogen-bond donors (Lipinski definition) is 0. The van der Waals surface area contributed by atoms with Gasteiger partial charge in [0.15, 0.2) is 6.10 Å². The van der Waals surface area contributed by atoms with Crippen molar-refractivity contribution in [2.45, 2.75) is 31.5 Å². The average Bonchev–Trinajstić information content (AvgIpc) is 2.99. The van der Waals surface area contributed by atoms with E-state index in [4.69, 9.17) is 4.74 Å². The fourth-order valence-electron chi connectivity index (χ4n) is 5.00. The molecule has 8 nitrogen and oxygen atoms in total. The molecule has 1 amide bonds. The lowest BCUT2D eigenvalue weighted by atomic mass is 10.0. The van der Waals surface area contributed by atoms with Crippen molar-refractivity contribution in [2.75, 3.05) is 26.4 Å². The molecule has 2 aromatic carbocycles. The fourth-order valence-corrected chi connectivity index (χ4v) is 5.00. The van der Waals surface area contributed by atoms with Crippen LogP contribution in [0.5, 0.6) is 5.75 Å². The second-order valence-electron chi connectivity index (χ2n) is 9.58. The number of ether oxygens (including phenoxy) is 1. The van der Waals surface area contributed by atoms with Gasteiger partial charge in [0.1, 0.15) is 19.1 Å². The Balaban J connectivity index is 1.57. The van der Waals surface area contributed by atoms with E-state index in [0.717, 1.165) is 23.1 Å². The number of pyridine rings is 1. The summed E-state index contributed by atoms with van der Waals surface area (Å²) in [6.45, 7) is -0.993. The number of aromatic nitrogens is 3. The van der Waals surface area contributed by atoms with Gasteiger partial charge in [-0.25, -0.2) is 13.6 Å². The SMILES string of the molecule is O=CN1CCC(n2c(=O)n(Cc3ccc(-c4ccncc4)cc3)c(=O)c3cc(OC(CF)CF)ccc32)CC1. The van der Waals surface area contributed by atoms with Crippen molar-refractivity contribution in [1.29, 1.82) is 0 Å². The zero-order chi connectivity index (χ0) is 27.4. The topological polar surface area (TPSA) is 86.4 Å². The van der Waals surface area contributed by atoms with Crippen LogP contribution >= 0.6 is 0 Å². The zero-order valence-electron chi connectivity index (χ0n) is 21.2. The zero-order valence-corrected chi connectivity index (χ0v) is 21.2. The predicted molar refractivity (Wildman–Crippen MR) is 144 cm³/mol. The number of carbonyl (C=O) groups is 1. The summed E-state index contributed by atoms with van der Waals surface area (Å²) in [5.41, 5.74) is 2.19. The summed E-state index contributed by atoms with van der Waals surface area (Å²) in [4.78, 5) is 44.4. The maximum atomic E-state index is 13.8. The van der Waals surface area contributed by atoms with Crippen LogP contribution in [0, 0.1) is 0 Å². The molecule has 39 heavy (non-hydrogen) atoms. The molecular weight excluding hydrogens is 506 g/mol. The molecule has 1 saturated heterocycles. The van der Waals surface area contributed by atoms with Crippen molar-refractivity contribution in [3.8, 4) is 16.9 Å². The molecule has 3 heterocycles. The second kappa shape index (κ2) is 11.6. The van der Waals surface area contributed by atoms with Crippen molar-refractivity contribution < 1.29 is 18.3 Å². The number of carbonyl (C=O) groups excluding carboxylic acids is 1. The number of benzene rings is 2. The number of likely N-dealkylation sites (tertiary alicyclic amines) is 1. The molecule has 10 heteroatoms. The van der Waals surface area contributed by atoms with Crippen LogP contribution in [0.1, 0.15) is 24.4 Å². The van der Waals surface area contributed by atoms with Crippen LogP contribution in [0.15, 0.2) is 76.6 Å². The largest absolute Gasteiger partial charge is 0.485 e. The van der Waals surface area contributed by atoms with Crippen LogP contribution in [-0.4, -0.2) is 58.0 Å². The molecule has 0 unspecified atom stereocenters. The quantitative estimate of drug-likeness (QED) is 0.305. The minimum Gasteiger partial charge on any atom is -0.485 e. The minimum atomic E-state index is -1.28. The molecule has 0 spiro atoms. The molecule has 1 aliphatic rings. The van der Waals surface area contributed by atoms with Gasteiger partial charge >= 0.3 is 5.69 Å². The maximum Gasteiger partial charge on any atom is 0.332 e. The highest BCUT2D eigenvalue weighted by Gasteiger charge is 2.25. The summed E-state index contributed by atoms with van der Waals surface area (Å²) in [6, 6.07) is 15.7. The lowest BCUT2D eigenvalue weighted by molar-refractivity contribution is -0.119. The lowest BCUT2D eigenvalue weighted by Crippen LogP contribution is -2.44. The third-order valence-electron chi connectivity index (χ3n) is 7.11. The van der Waals surface area contributed by atoms with Crippen molar-refractivity contribution in [1.82, 2.24) is 19.0 Å². The normalized spacial score (nSPS) is 14.2. The average molecular weight is 535 g/mol. The van der Waals surface area contributed by atoms with E-state index in [2.05, 4.69) is 4.98 Å². The van der Waals surface area contributed by atoms with E-state index in [9.17, 15) is 23.2 Å². The summed E-state index contributed by atoms with van der Waals surface area (Å²) >= 11 is 0. The van der Waals surface area contributed by atoms with Gasteiger partial charge in [-0.2, -0.15) is 0 Å². The Morgan fingerprint density at radius 2 is 1.62 bits per heavy atom. The van der Waals surface area contributed by atoms with Gasteiger partial charge in [0.05, 0.1) is 17.4 Å². The summed E-state index contributed by atoms with van der Waals surface area (Å²) in [5, 5.41) is 0.217. The third kappa shape index (κ3) is 5.45. The van der Waals surface area contributed by atoms with Gasteiger partial charge in [-0.3, -0.25) is 23.7 Å². The van der Waals surface area contributed by atoms with E-state index >= 15 is 0 Å². The third-order valence-corrected chi connectivity index (χ3v) is 7.11. The van der Waals surface area contributed by atoms with Gasteiger partial charge < -0.3 is 9.64 Å². The highest BCUT2D eigenvalue weighted by atomic mass is 19.1. The summed E-state index contributed by atoms with van der Waals surface area (Å²) in [6.07, 6.45) is 4.04. The van der Waals surface area contributed by atoms with Crippen LogP contribution in [0.25, 0.3) is 22.0 Å². The molecule has 4 aromatic rings. The highest BCUT2D eigenvalue weighted by Crippen LogP contribution is 2.26. The molecule has 0 atom stereocenters. The number of rotatable bonds is 9. The highest BCUT2D eigenvalue weighted by molar-refractivity contribution is 5.80. The van der Waals surface area contributed by atoms with Gasteiger partial charge in [0.2, 0.25) is 6.41 Å². The number of halogens is 2. The summed E-state index contributed by atoms with van der Waals surface area (Å²) in [7, 11) is 0. The van der Waals surface area contributed by atoms with Gasteiger partial charge in [0, 0.05) is 31.5 Å². The predicted octanol–water partition coefficient (Wildman–Crippen LogP) is 3.75. The maximum absolute atomic E-state index is 13.8. The molecule has 1 aliphatic heterocycles. The number of piperidine rings is 1. The first-order chi connectivity index (χ1) is 19.0. The van der Waals surface area contributed by atoms with E-state index in [1.54, 1.807) is 27.9 Å². The summed E-state index contributed by atoms with van der Waals surface area (Å²) in [5.74, 6) is 0.147. The lowest BCUT2D eigenvalue weighted by Gasteiger charge is -2.31. The second-order valence-corrected chi connectivity index (χ2v) is 9.58. The first-order valence-corrected chi connectivity index (χ1v) is 12.8. The van der Waals surface area contributed by atoms with Crippen LogP contribution in [-0.2, 0) is 11.3 Å². The van der Waals surface area contributed by atoms with Crippen molar-refractivity contribution >= 4 is 17.3 Å². The van der Waals surface area contributed by atoms with Gasteiger partial charge in [-0.05, 0) is 59.9 Å². The standard InChI is InChI=1S/C29H28F2N4O4/c30-16-25(17-31)39-24-5-6-27-26(15-24)28(37)34(29(38)35(27)23-9-13-33(19-36)14-10-23)18-20-1-3-21(4-2-20)22-7-11-32-12-8-22/h1-8,11-12,15,19,23,25H,9-10,13-14,16-18H2.